The predicted molar refractivity (Wildman–Crippen MR) is 88.8 cm³/mol. The van der Waals surface area contributed by atoms with Gasteiger partial charge in [-0.05, 0) is 35.6 Å². The van der Waals surface area contributed by atoms with E-state index in [1.54, 1.807) is 0 Å². The first-order chi connectivity index (χ1) is 10.3. The number of hydrogen-bond donors (Lipinski definition) is 1. The molecule has 2 aromatic carbocycles. The summed E-state index contributed by atoms with van der Waals surface area (Å²) in [5.74, 6) is 0. The van der Waals surface area contributed by atoms with E-state index in [0.717, 1.165) is 36.8 Å². The third-order valence-corrected chi connectivity index (χ3v) is 4.37. The molecule has 0 atom stereocenters. The van der Waals surface area contributed by atoms with Gasteiger partial charge in [0.1, 0.15) is 0 Å². The van der Waals surface area contributed by atoms with Crippen LogP contribution in [0.2, 0.25) is 0 Å². The van der Waals surface area contributed by atoms with Gasteiger partial charge in [-0.25, -0.2) is 0 Å². The maximum Gasteiger partial charge on any atom is 0.0896 e. The van der Waals surface area contributed by atoms with Crippen LogP contribution in [0.15, 0.2) is 54.6 Å². The van der Waals surface area contributed by atoms with Crippen LogP contribution in [0.4, 0.5) is 0 Å². The van der Waals surface area contributed by atoms with Crippen molar-refractivity contribution in [2.45, 2.75) is 37.7 Å². The lowest BCUT2D eigenvalue weighted by Crippen LogP contribution is -2.28. The monoisotopic (exact) mass is 278 g/mol. The van der Waals surface area contributed by atoms with Crippen molar-refractivity contribution in [1.29, 1.82) is 0 Å². The van der Waals surface area contributed by atoms with Gasteiger partial charge in [-0.15, -0.1) is 0 Å². The van der Waals surface area contributed by atoms with Gasteiger partial charge in [0.15, 0.2) is 0 Å². The molecule has 0 saturated heterocycles. The molecular formula is C20H22O. The zero-order valence-electron chi connectivity index (χ0n) is 12.3. The minimum absolute atomic E-state index is 0.616. The van der Waals surface area contributed by atoms with Crippen LogP contribution in [-0.4, -0.2) is 5.11 Å². The average molecular weight is 278 g/mol. The van der Waals surface area contributed by atoms with E-state index < -0.39 is 5.60 Å². The van der Waals surface area contributed by atoms with Crippen LogP contribution in [0.25, 0.3) is 12.2 Å². The molecule has 1 nitrogen and oxygen atoms in total. The molecule has 1 aliphatic rings. The van der Waals surface area contributed by atoms with Gasteiger partial charge in [0.05, 0.1) is 5.60 Å². The van der Waals surface area contributed by atoms with Crippen molar-refractivity contribution in [3.63, 3.8) is 0 Å². The lowest BCUT2D eigenvalue weighted by molar-refractivity contribution is -0.000639. The molecule has 1 heteroatoms. The fourth-order valence-electron chi connectivity index (χ4n) is 3.11. The van der Waals surface area contributed by atoms with Gasteiger partial charge in [0.25, 0.3) is 0 Å². The van der Waals surface area contributed by atoms with Crippen molar-refractivity contribution in [2.75, 3.05) is 0 Å². The Balaban J connectivity index is 1.81. The minimum Gasteiger partial charge on any atom is -0.385 e. The summed E-state index contributed by atoms with van der Waals surface area (Å²) in [5, 5.41) is 10.8. The van der Waals surface area contributed by atoms with Crippen LogP contribution in [-0.2, 0) is 5.60 Å². The van der Waals surface area contributed by atoms with Gasteiger partial charge in [0.2, 0.25) is 0 Å². The highest BCUT2D eigenvalue weighted by Gasteiger charge is 2.30. The van der Waals surface area contributed by atoms with Gasteiger partial charge in [0, 0.05) is 0 Å². The highest BCUT2D eigenvalue weighted by molar-refractivity contribution is 5.69. The highest BCUT2D eigenvalue weighted by atomic mass is 16.3. The molecule has 2 aromatic rings. The van der Waals surface area contributed by atoms with Crippen LogP contribution < -0.4 is 0 Å². The molecule has 1 N–H and O–H groups in total. The van der Waals surface area contributed by atoms with Crippen LogP contribution in [0.5, 0.6) is 0 Å². The second kappa shape index (κ2) is 6.28. The largest absolute Gasteiger partial charge is 0.385 e. The highest BCUT2D eigenvalue weighted by Crippen LogP contribution is 2.37. The summed E-state index contributed by atoms with van der Waals surface area (Å²) in [6, 6.07) is 18.6. The van der Waals surface area contributed by atoms with Crippen molar-refractivity contribution in [2.24, 2.45) is 0 Å². The Morgan fingerprint density at radius 2 is 1.43 bits per heavy atom. The molecule has 1 aliphatic carbocycles. The van der Waals surface area contributed by atoms with E-state index in [-0.39, 0.29) is 0 Å². The molecule has 0 heterocycles. The molecule has 3 rings (SSSR count). The quantitative estimate of drug-likeness (QED) is 0.783. The van der Waals surface area contributed by atoms with Crippen LogP contribution in [0.3, 0.4) is 0 Å². The maximum atomic E-state index is 10.8. The van der Waals surface area contributed by atoms with Gasteiger partial charge >= 0.3 is 0 Å². The molecule has 0 aliphatic heterocycles. The number of aliphatic hydroxyl groups is 1. The molecule has 21 heavy (non-hydrogen) atoms. The standard InChI is InChI=1S/C20H22O/c21-20(14-5-2-6-15-20)19-11-7-10-18(16-19)13-12-17-8-3-1-4-9-17/h1,3-4,7-13,16,21H,2,5-6,14-15H2/b13-12+. The predicted octanol–water partition coefficient (Wildman–Crippen LogP) is 5.01. The summed E-state index contributed by atoms with van der Waals surface area (Å²) < 4.78 is 0. The zero-order chi connectivity index (χ0) is 14.5. The molecule has 0 bridgehead atoms. The molecule has 0 aromatic heterocycles. The third kappa shape index (κ3) is 3.43. The van der Waals surface area contributed by atoms with Gasteiger partial charge < -0.3 is 5.11 Å². The van der Waals surface area contributed by atoms with Crippen LogP contribution in [0.1, 0.15) is 48.8 Å². The lowest BCUT2D eigenvalue weighted by Gasteiger charge is -2.32. The van der Waals surface area contributed by atoms with Crippen LogP contribution >= 0.6 is 0 Å². The summed E-state index contributed by atoms with van der Waals surface area (Å²) >= 11 is 0. The minimum atomic E-state index is -0.616. The Hall–Kier alpha value is -1.86. The Morgan fingerprint density at radius 3 is 2.19 bits per heavy atom. The Morgan fingerprint density at radius 1 is 0.762 bits per heavy atom. The number of hydrogen-bond acceptors (Lipinski definition) is 1. The fourth-order valence-corrected chi connectivity index (χ4v) is 3.11. The van der Waals surface area contributed by atoms with E-state index in [0.29, 0.717) is 0 Å². The summed E-state index contributed by atoms with van der Waals surface area (Å²) in [5.41, 5.74) is 2.79. The molecule has 108 valence electrons. The number of rotatable bonds is 3. The SMILES string of the molecule is OC1(c2cccc(/C=C/c3ccccc3)c2)CCCCC1. The second-order valence-electron chi connectivity index (χ2n) is 5.96. The molecule has 0 amide bonds. The van der Waals surface area contributed by atoms with E-state index in [4.69, 9.17) is 0 Å². The first-order valence-electron chi connectivity index (χ1n) is 7.82. The second-order valence-corrected chi connectivity index (χ2v) is 5.96. The molecular weight excluding hydrogens is 256 g/mol. The van der Waals surface area contributed by atoms with E-state index >= 15 is 0 Å². The summed E-state index contributed by atoms with van der Waals surface area (Å²) in [6.07, 6.45) is 9.50. The molecule has 1 fully saturated rings. The average Bonchev–Trinajstić information content (AvgIpc) is 2.55. The summed E-state index contributed by atoms with van der Waals surface area (Å²) in [7, 11) is 0. The van der Waals surface area contributed by atoms with E-state index in [1.165, 1.54) is 12.0 Å². The smallest absolute Gasteiger partial charge is 0.0896 e. The Bertz CT molecular complexity index is 607. The summed E-state index contributed by atoms with van der Waals surface area (Å²) in [6.45, 7) is 0. The van der Waals surface area contributed by atoms with Crippen molar-refractivity contribution in [1.82, 2.24) is 0 Å². The maximum absolute atomic E-state index is 10.8. The Labute approximate surface area is 127 Å². The van der Waals surface area contributed by atoms with Crippen molar-refractivity contribution < 1.29 is 5.11 Å². The van der Waals surface area contributed by atoms with E-state index in [9.17, 15) is 5.11 Å². The Kier molecular flexibility index (Phi) is 4.21. The van der Waals surface area contributed by atoms with Gasteiger partial charge in [-0.3, -0.25) is 0 Å². The molecule has 0 spiro atoms. The topological polar surface area (TPSA) is 20.2 Å². The fraction of sp³-hybridized carbons (Fsp3) is 0.300. The summed E-state index contributed by atoms with van der Waals surface area (Å²) in [4.78, 5) is 0. The lowest BCUT2D eigenvalue weighted by atomic mass is 9.79. The molecule has 1 saturated carbocycles. The van der Waals surface area contributed by atoms with E-state index in [2.05, 4.69) is 42.5 Å². The third-order valence-electron chi connectivity index (χ3n) is 4.37. The number of benzene rings is 2. The van der Waals surface area contributed by atoms with Gasteiger partial charge in [-0.1, -0.05) is 79.9 Å². The van der Waals surface area contributed by atoms with Crippen molar-refractivity contribution in [3.05, 3.63) is 71.3 Å². The van der Waals surface area contributed by atoms with Crippen molar-refractivity contribution >= 4 is 12.2 Å². The normalized spacial score (nSPS) is 18.0. The molecule has 0 radical (unpaired) electrons. The van der Waals surface area contributed by atoms with Crippen molar-refractivity contribution in [3.8, 4) is 0 Å². The first kappa shape index (κ1) is 14.1. The van der Waals surface area contributed by atoms with E-state index in [1.807, 2.05) is 24.3 Å². The van der Waals surface area contributed by atoms with Crippen LogP contribution in [0, 0.1) is 0 Å². The first-order valence-corrected chi connectivity index (χ1v) is 7.82. The van der Waals surface area contributed by atoms with Gasteiger partial charge in [-0.2, -0.15) is 0 Å². The zero-order valence-corrected chi connectivity index (χ0v) is 12.3. The molecule has 0 unspecified atom stereocenters.